The topological polar surface area (TPSA) is 38.7 Å². The predicted molar refractivity (Wildman–Crippen MR) is 106 cm³/mol. The van der Waals surface area contributed by atoms with E-state index in [4.69, 9.17) is 9.97 Å². The zero-order chi connectivity index (χ0) is 17.1. The molecule has 5 heteroatoms. The molecule has 0 fully saturated rings. The van der Waals surface area contributed by atoms with Gasteiger partial charge in [0.25, 0.3) is 0 Å². The van der Waals surface area contributed by atoms with E-state index in [9.17, 15) is 0 Å². The summed E-state index contributed by atoms with van der Waals surface area (Å²) >= 11 is 3.48. The first-order chi connectivity index (χ1) is 12.3. The lowest BCUT2D eigenvalue weighted by atomic mass is 10.1. The number of nitrogens with zero attached hydrogens (tertiary/aromatic N) is 3. The van der Waals surface area contributed by atoms with Gasteiger partial charge < -0.3 is 0 Å². The number of fused-ring (bicyclic) bond motifs is 1. The van der Waals surface area contributed by atoms with Gasteiger partial charge in [-0.3, -0.25) is 4.98 Å². The Kier molecular flexibility index (Phi) is 4.85. The van der Waals surface area contributed by atoms with Crippen molar-refractivity contribution in [3.8, 4) is 11.3 Å². The molecule has 0 saturated heterocycles. The highest BCUT2D eigenvalue weighted by Gasteiger charge is 2.10. The number of unbranched alkanes of at least 4 members (excludes halogenated alkanes) is 1. The first-order valence-corrected chi connectivity index (χ1v) is 10.2. The summed E-state index contributed by atoms with van der Waals surface area (Å²) in [5.41, 5.74) is 4.58. The largest absolute Gasteiger partial charge is 0.264 e. The SMILES string of the molecule is CCCCc1ccc2nc(Cc3nc(-c4cccnc4)cs3)sc2c1. The lowest BCUT2D eigenvalue weighted by molar-refractivity contribution is 0.796. The summed E-state index contributed by atoms with van der Waals surface area (Å²) in [4.78, 5) is 13.7. The molecular weight excluding hydrogens is 346 g/mol. The van der Waals surface area contributed by atoms with Gasteiger partial charge >= 0.3 is 0 Å². The number of benzene rings is 1. The molecule has 0 bridgehead atoms. The third-order valence-electron chi connectivity index (χ3n) is 4.13. The minimum Gasteiger partial charge on any atom is -0.264 e. The van der Waals surface area contributed by atoms with E-state index in [0.717, 1.165) is 39.6 Å². The van der Waals surface area contributed by atoms with Gasteiger partial charge in [-0.15, -0.1) is 22.7 Å². The molecule has 0 unspecified atom stereocenters. The molecule has 0 aliphatic rings. The molecule has 0 spiro atoms. The molecule has 0 amide bonds. The Balaban J connectivity index is 1.53. The van der Waals surface area contributed by atoms with E-state index in [1.807, 2.05) is 18.3 Å². The van der Waals surface area contributed by atoms with Crippen molar-refractivity contribution in [2.24, 2.45) is 0 Å². The summed E-state index contributed by atoms with van der Waals surface area (Å²) in [6.07, 6.45) is 8.07. The van der Waals surface area contributed by atoms with Crippen LogP contribution in [-0.4, -0.2) is 15.0 Å². The lowest BCUT2D eigenvalue weighted by Gasteiger charge is -1.98. The zero-order valence-electron chi connectivity index (χ0n) is 14.1. The molecule has 0 aliphatic heterocycles. The van der Waals surface area contributed by atoms with Crippen LogP contribution in [0.1, 0.15) is 35.3 Å². The van der Waals surface area contributed by atoms with Crippen molar-refractivity contribution in [2.45, 2.75) is 32.6 Å². The molecule has 4 aromatic rings. The molecule has 0 atom stereocenters. The summed E-state index contributed by atoms with van der Waals surface area (Å²) in [6.45, 7) is 2.23. The molecule has 3 nitrogen and oxygen atoms in total. The number of hydrogen-bond donors (Lipinski definition) is 0. The standard InChI is InChI=1S/C20H19N3S2/c1-2-3-5-14-7-8-16-18(10-14)25-20(22-16)11-19-23-17(13-24-19)15-6-4-9-21-12-15/h4,6-10,12-13H,2-3,5,11H2,1H3. The first-order valence-electron chi connectivity index (χ1n) is 8.55. The van der Waals surface area contributed by atoms with Crippen LogP contribution < -0.4 is 0 Å². The summed E-state index contributed by atoms with van der Waals surface area (Å²) in [5.74, 6) is 0. The highest BCUT2D eigenvalue weighted by molar-refractivity contribution is 7.18. The Morgan fingerprint density at radius 2 is 2.04 bits per heavy atom. The molecule has 3 heterocycles. The molecule has 0 radical (unpaired) electrons. The van der Waals surface area contributed by atoms with Crippen LogP contribution in [-0.2, 0) is 12.8 Å². The third-order valence-corrected chi connectivity index (χ3v) is 5.99. The van der Waals surface area contributed by atoms with E-state index in [2.05, 4.69) is 35.5 Å². The van der Waals surface area contributed by atoms with Crippen LogP contribution in [0.5, 0.6) is 0 Å². The monoisotopic (exact) mass is 365 g/mol. The predicted octanol–water partition coefficient (Wildman–Crippen LogP) is 5.75. The van der Waals surface area contributed by atoms with Gasteiger partial charge in [-0.25, -0.2) is 9.97 Å². The zero-order valence-corrected chi connectivity index (χ0v) is 15.7. The molecule has 3 aromatic heterocycles. The van der Waals surface area contributed by atoms with Crippen LogP contribution in [0.25, 0.3) is 21.5 Å². The Labute approximate surface area is 155 Å². The third kappa shape index (κ3) is 3.78. The normalized spacial score (nSPS) is 11.2. The molecule has 126 valence electrons. The molecule has 4 rings (SSSR count). The number of thiazole rings is 2. The summed E-state index contributed by atoms with van der Waals surface area (Å²) < 4.78 is 1.28. The first kappa shape index (κ1) is 16.4. The van der Waals surface area contributed by atoms with Gasteiger partial charge in [0.2, 0.25) is 0 Å². The highest BCUT2D eigenvalue weighted by Crippen LogP contribution is 2.28. The van der Waals surface area contributed by atoms with Gasteiger partial charge in [-0.2, -0.15) is 0 Å². The minimum absolute atomic E-state index is 0.800. The Hall–Kier alpha value is -2.11. The summed E-state index contributed by atoms with van der Waals surface area (Å²) in [7, 11) is 0. The Morgan fingerprint density at radius 3 is 2.88 bits per heavy atom. The minimum atomic E-state index is 0.800. The van der Waals surface area contributed by atoms with Gasteiger partial charge in [-0.05, 0) is 42.7 Å². The van der Waals surface area contributed by atoms with E-state index in [-0.39, 0.29) is 0 Å². The van der Waals surface area contributed by atoms with Crippen LogP contribution in [0.3, 0.4) is 0 Å². The molecular formula is C20H19N3S2. The second-order valence-electron chi connectivity index (χ2n) is 6.06. The second kappa shape index (κ2) is 7.42. The van der Waals surface area contributed by atoms with E-state index >= 15 is 0 Å². The number of aromatic nitrogens is 3. The maximum atomic E-state index is 4.78. The summed E-state index contributed by atoms with van der Waals surface area (Å²) in [5, 5.41) is 4.33. The average molecular weight is 366 g/mol. The van der Waals surface area contributed by atoms with Crippen molar-refractivity contribution in [3.63, 3.8) is 0 Å². The molecule has 1 aromatic carbocycles. The fourth-order valence-corrected chi connectivity index (χ4v) is 4.73. The molecule has 0 saturated carbocycles. The molecule has 0 N–H and O–H groups in total. The maximum Gasteiger partial charge on any atom is 0.101 e. The van der Waals surface area contributed by atoms with Crippen molar-refractivity contribution < 1.29 is 0 Å². The number of rotatable bonds is 6. The maximum absolute atomic E-state index is 4.78. The van der Waals surface area contributed by atoms with Crippen molar-refractivity contribution in [1.82, 2.24) is 15.0 Å². The van der Waals surface area contributed by atoms with Gasteiger partial charge in [0, 0.05) is 23.3 Å². The molecule has 25 heavy (non-hydrogen) atoms. The van der Waals surface area contributed by atoms with Gasteiger partial charge in [0.15, 0.2) is 0 Å². The van der Waals surface area contributed by atoms with Gasteiger partial charge in [-0.1, -0.05) is 19.4 Å². The van der Waals surface area contributed by atoms with Crippen LogP contribution in [0.4, 0.5) is 0 Å². The van der Waals surface area contributed by atoms with E-state index in [1.165, 1.54) is 23.1 Å². The Morgan fingerprint density at radius 1 is 1.08 bits per heavy atom. The number of pyridine rings is 1. The van der Waals surface area contributed by atoms with Crippen molar-refractivity contribution in [2.75, 3.05) is 0 Å². The fraction of sp³-hybridized carbons (Fsp3) is 0.250. The number of aryl methyl sites for hydroxylation is 1. The number of hydrogen-bond acceptors (Lipinski definition) is 5. The van der Waals surface area contributed by atoms with Crippen LogP contribution in [0, 0.1) is 0 Å². The summed E-state index contributed by atoms with van der Waals surface area (Å²) in [6, 6.07) is 10.7. The van der Waals surface area contributed by atoms with E-state index < -0.39 is 0 Å². The van der Waals surface area contributed by atoms with Crippen molar-refractivity contribution >= 4 is 32.9 Å². The van der Waals surface area contributed by atoms with E-state index in [1.54, 1.807) is 28.9 Å². The smallest absolute Gasteiger partial charge is 0.101 e. The lowest BCUT2D eigenvalue weighted by Crippen LogP contribution is -1.86. The van der Waals surface area contributed by atoms with Crippen LogP contribution in [0.2, 0.25) is 0 Å². The highest BCUT2D eigenvalue weighted by atomic mass is 32.1. The average Bonchev–Trinajstić information content (AvgIpc) is 3.27. The van der Waals surface area contributed by atoms with Crippen molar-refractivity contribution in [3.05, 3.63) is 63.7 Å². The van der Waals surface area contributed by atoms with Gasteiger partial charge in [0.05, 0.1) is 22.3 Å². The van der Waals surface area contributed by atoms with Crippen LogP contribution >= 0.6 is 22.7 Å². The van der Waals surface area contributed by atoms with Crippen molar-refractivity contribution in [1.29, 1.82) is 0 Å². The quantitative estimate of drug-likeness (QED) is 0.437. The van der Waals surface area contributed by atoms with Crippen LogP contribution in [0.15, 0.2) is 48.1 Å². The van der Waals surface area contributed by atoms with E-state index in [0.29, 0.717) is 0 Å². The Bertz CT molecular complexity index is 973. The molecule has 0 aliphatic carbocycles. The second-order valence-corrected chi connectivity index (χ2v) is 8.12. The van der Waals surface area contributed by atoms with Gasteiger partial charge in [0.1, 0.15) is 10.0 Å². The fourth-order valence-electron chi connectivity index (χ4n) is 2.80.